The summed E-state index contributed by atoms with van der Waals surface area (Å²) in [6, 6.07) is 1.58. The van der Waals surface area contributed by atoms with Gasteiger partial charge in [-0.05, 0) is 57.7 Å². The first kappa shape index (κ1) is 20.6. The Morgan fingerprint density at radius 3 is 2.57 bits per heavy atom. The highest BCUT2D eigenvalue weighted by molar-refractivity contribution is 6.28. The maximum absolute atomic E-state index is 12.4. The Morgan fingerprint density at radius 2 is 1.96 bits per heavy atom. The third kappa shape index (κ3) is 4.29. The van der Waals surface area contributed by atoms with Crippen molar-refractivity contribution < 1.29 is 19.4 Å². The van der Waals surface area contributed by atoms with Crippen LogP contribution in [0.5, 0.6) is 0 Å². The fourth-order valence-corrected chi connectivity index (χ4v) is 4.26. The number of esters is 1. The SMILES string of the molecule is CC(C)(C)OC(=O)CCC1(n2c(C(=O)O)cc3cnc(Cl)nc32)CCCCC1. The third-order valence-electron chi connectivity index (χ3n) is 5.20. The average molecular weight is 408 g/mol. The van der Waals surface area contributed by atoms with E-state index in [4.69, 9.17) is 16.3 Å². The number of hydrogen-bond donors (Lipinski definition) is 1. The van der Waals surface area contributed by atoms with E-state index in [9.17, 15) is 14.7 Å². The molecule has 0 aromatic carbocycles. The van der Waals surface area contributed by atoms with E-state index >= 15 is 0 Å². The van der Waals surface area contributed by atoms with E-state index in [-0.39, 0.29) is 23.4 Å². The van der Waals surface area contributed by atoms with Crippen LogP contribution in [0, 0.1) is 0 Å². The van der Waals surface area contributed by atoms with Gasteiger partial charge >= 0.3 is 11.9 Å². The van der Waals surface area contributed by atoms with E-state index in [2.05, 4.69) is 9.97 Å². The summed E-state index contributed by atoms with van der Waals surface area (Å²) in [4.78, 5) is 32.6. The molecule has 8 heteroatoms. The first-order valence-corrected chi connectivity index (χ1v) is 9.99. The van der Waals surface area contributed by atoms with Crippen LogP contribution in [-0.2, 0) is 15.1 Å². The minimum atomic E-state index is -1.03. The summed E-state index contributed by atoms with van der Waals surface area (Å²) >= 11 is 6.01. The van der Waals surface area contributed by atoms with E-state index in [0.29, 0.717) is 17.5 Å². The van der Waals surface area contributed by atoms with E-state index in [0.717, 1.165) is 32.1 Å². The number of fused-ring (bicyclic) bond motifs is 1. The number of carboxylic acids is 1. The summed E-state index contributed by atoms with van der Waals surface area (Å²) < 4.78 is 7.24. The summed E-state index contributed by atoms with van der Waals surface area (Å²) in [5.41, 5.74) is -0.409. The fraction of sp³-hybridized carbons (Fsp3) is 0.600. The van der Waals surface area contributed by atoms with Crippen LogP contribution in [0.15, 0.2) is 12.3 Å². The molecule has 28 heavy (non-hydrogen) atoms. The number of aromatic nitrogens is 3. The molecular weight excluding hydrogens is 382 g/mol. The van der Waals surface area contributed by atoms with Crippen LogP contribution in [0.3, 0.4) is 0 Å². The van der Waals surface area contributed by atoms with Crippen molar-refractivity contribution in [3.05, 3.63) is 23.2 Å². The second-order valence-corrected chi connectivity index (χ2v) is 8.80. The lowest BCUT2D eigenvalue weighted by molar-refractivity contribution is -0.155. The number of carboxylic acid groups (broad SMARTS) is 1. The van der Waals surface area contributed by atoms with Crippen molar-refractivity contribution in [2.75, 3.05) is 0 Å². The molecule has 2 aromatic rings. The lowest BCUT2D eigenvalue weighted by atomic mass is 9.78. The van der Waals surface area contributed by atoms with Gasteiger partial charge in [-0.2, -0.15) is 4.98 Å². The minimum Gasteiger partial charge on any atom is -0.477 e. The Balaban J connectivity index is 2.04. The van der Waals surface area contributed by atoms with Gasteiger partial charge in [-0.1, -0.05) is 19.3 Å². The van der Waals surface area contributed by atoms with Crippen LogP contribution in [0.2, 0.25) is 5.28 Å². The topological polar surface area (TPSA) is 94.3 Å². The van der Waals surface area contributed by atoms with Gasteiger partial charge in [-0.15, -0.1) is 0 Å². The van der Waals surface area contributed by atoms with E-state index in [1.807, 2.05) is 20.8 Å². The van der Waals surface area contributed by atoms with Crippen LogP contribution in [0.1, 0.15) is 76.2 Å². The van der Waals surface area contributed by atoms with Crippen molar-refractivity contribution in [2.45, 2.75) is 76.9 Å². The molecule has 1 N–H and O–H groups in total. The average Bonchev–Trinajstić information content (AvgIpc) is 2.99. The van der Waals surface area contributed by atoms with Gasteiger partial charge in [0.05, 0.1) is 0 Å². The van der Waals surface area contributed by atoms with Gasteiger partial charge in [-0.25, -0.2) is 9.78 Å². The molecule has 0 bridgehead atoms. The Morgan fingerprint density at radius 1 is 1.29 bits per heavy atom. The molecule has 0 atom stereocenters. The van der Waals surface area contributed by atoms with E-state index in [1.165, 1.54) is 6.20 Å². The fourth-order valence-electron chi connectivity index (χ4n) is 4.13. The van der Waals surface area contributed by atoms with Crippen LogP contribution in [0.25, 0.3) is 11.0 Å². The Kier molecular flexibility index (Phi) is 5.66. The molecule has 0 radical (unpaired) electrons. The van der Waals surface area contributed by atoms with Crippen molar-refractivity contribution in [2.24, 2.45) is 0 Å². The molecule has 152 valence electrons. The molecule has 0 aliphatic heterocycles. The summed E-state index contributed by atoms with van der Waals surface area (Å²) in [7, 11) is 0. The molecule has 1 saturated carbocycles. The monoisotopic (exact) mass is 407 g/mol. The van der Waals surface area contributed by atoms with Gasteiger partial charge in [-0.3, -0.25) is 4.79 Å². The number of rotatable bonds is 5. The number of ether oxygens (including phenoxy) is 1. The molecule has 1 aliphatic carbocycles. The maximum atomic E-state index is 12.4. The zero-order valence-corrected chi connectivity index (χ0v) is 17.3. The van der Waals surface area contributed by atoms with Crippen molar-refractivity contribution in [1.82, 2.24) is 14.5 Å². The molecule has 7 nitrogen and oxygen atoms in total. The van der Waals surface area contributed by atoms with Crippen molar-refractivity contribution >= 4 is 34.6 Å². The highest BCUT2D eigenvalue weighted by atomic mass is 35.5. The van der Waals surface area contributed by atoms with Gasteiger partial charge in [0.25, 0.3) is 0 Å². The van der Waals surface area contributed by atoms with Gasteiger partial charge in [0.15, 0.2) is 0 Å². The zero-order chi connectivity index (χ0) is 20.5. The van der Waals surface area contributed by atoms with Gasteiger partial charge < -0.3 is 14.4 Å². The third-order valence-corrected chi connectivity index (χ3v) is 5.39. The molecule has 2 heterocycles. The molecule has 0 spiro atoms. The molecule has 0 saturated heterocycles. The van der Waals surface area contributed by atoms with Crippen LogP contribution in [0.4, 0.5) is 0 Å². The Bertz CT molecular complexity index is 895. The predicted octanol–water partition coefficient (Wildman–Crippen LogP) is 4.56. The number of nitrogens with zero attached hydrogens (tertiary/aromatic N) is 3. The molecule has 1 aliphatic rings. The number of carbonyl (C=O) groups is 2. The smallest absolute Gasteiger partial charge is 0.352 e. The number of halogens is 1. The first-order valence-electron chi connectivity index (χ1n) is 9.61. The quantitative estimate of drug-likeness (QED) is 0.576. The van der Waals surface area contributed by atoms with E-state index < -0.39 is 17.1 Å². The van der Waals surface area contributed by atoms with Crippen LogP contribution < -0.4 is 0 Å². The summed E-state index contributed by atoms with van der Waals surface area (Å²) in [5, 5.41) is 10.5. The highest BCUT2D eigenvalue weighted by Gasteiger charge is 2.39. The van der Waals surface area contributed by atoms with Crippen LogP contribution in [-0.4, -0.2) is 37.2 Å². The number of aromatic carboxylic acids is 1. The van der Waals surface area contributed by atoms with Gasteiger partial charge in [0.2, 0.25) is 5.28 Å². The van der Waals surface area contributed by atoms with Crippen LogP contribution >= 0.6 is 11.6 Å². The molecule has 0 unspecified atom stereocenters. The first-order chi connectivity index (χ1) is 13.1. The second kappa shape index (κ2) is 7.70. The standard InChI is InChI=1S/C20H26ClN3O4/c1-19(2,3)28-15(25)7-10-20(8-5-4-6-9-20)24-14(17(26)27)11-13-12-22-18(21)23-16(13)24/h11-12H,4-10H2,1-3H3,(H,26,27). The van der Waals surface area contributed by atoms with Gasteiger partial charge in [0, 0.05) is 23.5 Å². The molecular formula is C20H26ClN3O4. The summed E-state index contributed by atoms with van der Waals surface area (Å²) in [5.74, 6) is -1.31. The Labute approximate surface area is 169 Å². The van der Waals surface area contributed by atoms with Crippen molar-refractivity contribution in [1.29, 1.82) is 0 Å². The minimum absolute atomic E-state index is 0.0712. The van der Waals surface area contributed by atoms with Crippen molar-refractivity contribution in [3.63, 3.8) is 0 Å². The number of hydrogen-bond acceptors (Lipinski definition) is 5. The maximum Gasteiger partial charge on any atom is 0.352 e. The summed E-state index contributed by atoms with van der Waals surface area (Å²) in [6.45, 7) is 5.51. The van der Waals surface area contributed by atoms with Crippen molar-refractivity contribution in [3.8, 4) is 0 Å². The lowest BCUT2D eigenvalue weighted by Crippen LogP contribution is -2.39. The molecule has 1 fully saturated rings. The lowest BCUT2D eigenvalue weighted by Gasteiger charge is -2.40. The van der Waals surface area contributed by atoms with E-state index in [1.54, 1.807) is 10.6 Å². The largest absolute Gasteiger partial charge is 0.477 e. The Hall–Kier alpha value is -2.15. The molecule has 3 rings (SSSR count). The predicted molar refractivity (Wildman–Crippen MR) is 106 cm³/mol. The molecule has 0 amide bonds. The second-order valence-electron chi connectivity index (χ2n) is 8.46. The van der Waals surface area contributed by atoms with Gasteiger partial charge in [0.1, 0.15) is 16.9 Å². The zero-order valence-electron chi connectivity index (χ0n) is 16.5. The normalized spacial score (nSPS) is 16.9. The molecule has 2 aromatic heterocycles. The number of carbonyl (C=O) groups excluding carboxylic acids is 1. The highest BCUT2D eigenvalue weighted by Crippen LogP contribution is 2.42. The summed E-state index contributed by atoms with van der Waals surface area (Å²) in [6.07, 6.45) is 6.83.